The maximum absolute atomic E-state index is 14.6. The summed E-state index contributed by atoms with van der Waals surface area (Å²) in [6, 6.07) is 3.64. The number of fused-ring (bicyclic) bond motifs is 1. The smallest absolute Gasteiger partial charge is 0.312 e. The van der Waals surface area contributed by atoms with Crippen LogP contribution < -0.4 is 4.90 Å². The first-order chi connectivity index (χ1) is 17.5. The molecule has 3 aliphatic heterocycles. The van der Waals surface area contributed by atoms with Crippen LogP contribution in [0.3, 0.4) is 0 Å². The van der Waals surface area contributed by atoms with E-state index in [0.717, 1.165) is 5.56 Å². The number of hydrogen-bond acceptors (Lipinski definition) is 6. The molecule has 37 heavy (non-hydrogen) atoms. The van der Waals surface area contributed by atoms with Crippen LogP contribution in [0.5, 0.6) is 0 Å². The van der Waals surface area contributed by atoms with Crippen molar-refractivity contribution in [3.63, 3.8) is 0 Å². The summed E-state index contributed by atoms with van der Waals surface area (Å²) in [6.07, 6.45) is 1.35. The minimum atomic E-state index is -1.26. The van der Waals surface area contributed by atoms with Crippen molar-refractivity contribution >= 4 is 51.0 Å². The van der Waals surface area contributed by atoms with Crippen molar-refractivity contribution in [2.75, 3.05) is 24.7 Å². The quantitative estimate of drug-likeness (QED) is 0.266. The summed E-state index contributed by atoms with van der Waals surface area (Å²) in [6.45, 7) is 11.1. The number of benzene rings is 1. The van der Waals surface area contributed by atoms with Gasteiger partial charge in [-0.3, -0.25) is 14.4 Å². The number of ether oxygens (including phenoxy) is 2. The lowest BCUT2D eigenvalue weighted by Gasteiger charge is -2.40. The number of carbonyl (C=O) groups excluding carboxylic acids is 3. The van der Waals surface area contributed by atoms with Gasteiger partial charge in [-0.05, 0) is 37.8 Å². The van der Waals surface area contributed by atoms with Gasteiger partial charge in [-0.1, -0.05) is 59.6 Å². The number of alkyl halides is 1. The van der Waals surface area contributed by atoms with Gasteiger partial charge in [-0.25, -0.2) is 0 Å². The molecular weight excluding hydrogens is 564 g/mol. The molecule has 1 aromatic carbocycles. The van der Waals surface area contributed by atoms with Crippen molar-refractivity contribution in [1.29, 1.82) is 0 Å². The maximum Gasteiger partial charge on any atom is 0.312 e. The largest absolute Gasteiger partial charge is 0.466 e. The molecule has 4 rings (SSSR count). The SMILES string of the molecule is C=CCN(C(=O)C1N([C@@H](CO)C(C)C)C(=O)[C@@H]2[C@H](C(=O)OCC)[C@H]3OC12CC3Br)c1c(C)cccc1Cl. The Morgan fingerprint density at radius 1 is 1.43 bits per heavy atom. The van der Waals surface area contributed by atoms with Gasteiger partial charge in [0.1, 0.15) is 11.6 Å². The number of anilines is 1. The van der Waals surface area contributed by atoms with E-state index in [1.165, 1.54) is 9.80 Å². The Balaban J connectivity index is 1.89. The third-order valence-corrected chi connectivity index (χ3v) is 9.02. The molecule has 0 radical (unpaired) electrons. The molecule has 202 valence electrons. The van der Waals surface area contributed by atoms with Crippen molar-refractivity contribution in [1.82, 2.24) is 4.90 Å². The summed E-state index contributed by atoms with van der Waals surface area (Å²) in [5.41, 5.74) is 0.0484. The normalized spacial score (nSPS) is 31.0. The summed E-state index contributed by atoms with van der Waals surface area (Å²) in [7, 11) is 0. The number of aliphatic hydroxyl groups is 1. The maximum atomic E-state index is 14.6. The predicted octanol–water partition coefficient (Wildman–Crippen LogP) is 3.50. The fourth-order valence-electron chi connectivity index (χ4n) is 6.37. The molecule has 10 heteroatoms. The average molecular weight is 598 g/mol. The van der Waals surface area contributed by atoms with Crippen molar-refractivity contribution in [3.05, 3.63) is 41.4 Å². The van der Waals surface area contributed by atoms with E-state index in [-0.39, 0.29) is 36.4 Å². The number of hydrogen-bond donors (Lipinski definition) is 1. The van der Waals surface area contributed by atoms with E-state index in [0.29, 0.717) is 17.1 Å². The van der Waals surface area contributed by atoms with Crippen LogP contribution >= 0.6 is 27.5 Å². The fraction of sp³-hybridized carbons (Fsp3) is 0.593. The Kier molecular flexibility index (Phi) is 8.10. The number of amides is 2. The molecule has 0 saturated carbocycles. The Morgan fingerprint density at radius 3 is 2.70 bits per heavy atom. The van der Waals surface area contributed by atoms with Crippen LogP contribution in [-0.4, -0.2) is 76.2 Å². The Bertz CT molecular complexity index is 1080. The summed E-state index contributed by atoms with van der Waals surface area (Å²) in [5, 5.41) is 10.8. The van der Waals surface area contributed by atoms with E-state index in [2.05, 4.69) is 22.5 Å². The van der Waals surface area contributed by atoms with Gasteiger partial charge in [0.2, 0.25) is 5.91 Å². The van der Waals surface area contributed by atoms with Gasteiger partial charge in [0.05, 0.1) is 47.9 Å². The second-order valence-electron chi connectivity index (χ2n) is 10.3. The van der Waals surface area contributed by atoms with Gasteiger partial charge >= 0.3 is 5.97 Å². The van der Waals surface area contributed by atoms with Crippen LogP contribution in [0.1, 0.15) is 32.8 Å². The second-order valence-corrected chi connectivity index (χ2v) is 11.9. The lowest BCUT2D eigenvalue weighted by molar-refractivity contribution is -0.155. The van der Waals surface area contributed by atoms with Gasteiger partial charge in [0.15, 0.2) is 0 Å². The molecule has 0 aromatic heterocycles. The molecule has 3 heterocycles. The first kappa shape index (κ1) is 28.1. The number of nitrogens with zero attached hydrogens (tertiary/aromatic N) is 2. The summed E-state index contributed by atoms with van der Waals surface area (Å²) >= 11 is 10.2. The van der Waals surface area contributed by atoms with Gasteiger partial charge in [0.25, 0.3) is 5.91 Å². The first-order valence-corrected chi connectivity index (χ1v) is 13.9. The highest BCUT2D eigenvalue weighted by molar-refractivity contribution is 9.09. The highest BCUT2D eigenvalue weighted by atomic mass is 79.9. The number of likely N-dealkylation sites (tertiary alicyclic amines) is 1. The highest BCUT2D eigenvalue weighted by Crippen LogP contribution is 2.61. The van der Waals surface area contributed by atoms with E-state index < -0.39 is 47.5 Å². The minimum absolute atomic E-state index is 0.149. The van der Waals surface area contributed by atoms with E-state index in [1.807, 2.05) is 26.8 Å². The lowest BCUT2D eigenvalue weighted by atomic mass is 9.70. The van der Waals surface area contributed by atoms with Gasteiger partial charge in [-0.15, -0.1) is 6.58 Å². The summed E-state index contributed by atoms with van der Waals surface area (Å²) in [5.74, 6) is -3.19. The topological polar surface area (TPSA) is 96.4 Å². The van der Waals surface area contributed by atoms with Crippen LogP contribution in [0, 0.1) is 24.7 Å². The Hall–Kier alpha value is -1.94. The number of aryl methyl sites for hydroxylation is 1. The van der Waals surface area contributed by atoms with Crippen molar-refractivity contribution < 1.29 is 29.0 Å². The van der Waals surface area contributed by atoms with Gasteiger partial charge in [0, 0.05) is 11.4 Å². The number of halogens is 2. The standard InChI is InChI=1S/C27H34BrClN2O6/c1-6-11-30(21-15(5)9-8-10-17(21)29)25(34)23-27-12-16(28)22(37-27)19(26(35)36-7-2)20(27)24(33)31(23)18(13-32)14(3)4/h6,8-10,14,16,18-20,22-23,32H,1,7,11-13H2,2-5H3/t16?,18-,19-,20-,22-,23?,27?/m0/s1. The third-order valence-electron chi connectivity index (χ3n) is 7.87. The lowest BCUT2D eigenvalue weighted by Crippen LogP contribution is -2.60. The number of rotatable bonds is 9. The third kappa shape index (κ3) is 4.32. The molecule has 7 atom stereocenters. The van der Waals surface area contributed by atoms with Crippen LogP contribution in [0.25, 0.3) is 0 Å². The summed E-state index contributed by atoms with van der Waals surface area (Å²) < 4.78 is 11.9. The van der Waals surface area contributed by atoms with Crippen LogP contribution in [-0.2, 0) is 23.9 Å². The molecule has 3 unspecified atom stereocenters. The molecule has 1 spiro atoms. The highest BCUT2D eigenvalue weighted by Gasteiger charge is 2.77. The molecule has 8 nitrogen and oxygen atoms in total. The van der Waals surface area contributed by atoms with Crippen molar-refractivity contribution in [2.24, 2.45) is 17.8 Å². The zero-order chi connectivity index (χ0) is 27.2. The average Bonchev–Trinajstić information content (AvgIpc) is 3.42. The van der Waals surface area contributed by atoms with Crippen LogP contribution in [0.15, 0.2) is 30.9 Å². The van der Waals surface area contributed by atoms with E-state index in [1.54, 1.807) is 25.1 Å². The monoisotopic (exact) mass is 596 g/mol. The van der Waals surface area contributed by atoms with Crippen molar-refractivity contribution in [3.8, 4) is 0 Å². The first-order valence-electron chi connectivity index (χ1n) is 12.6. The second kappa shape index (κ2) is 10.7. The zero-order valence-corrected chi connectivity index (χ0v) is 23.9. The molecule has 0 aliphatic carbocycles. The Labute approximate surface area is 231 Å². The zero-order valence-electron chi connectivity index (χ0n) is 21.5. The minimum Gasteiger partial charge on any atom is -0.466 e. The number of para-hydroxylation sites is 1. The van der Waals surface area contributed by atoms with E-state index in [9.17, 15) is 19.5 Å². The van der Waals surface area contributed by atoms with E-state index >= 15 is 0 Å². The molecule has 1 aromatic rings. The summed E-state index contributed by atoms with van der Waals surface area (Å²) in [4.78, 5) is 44.6. The number of aliphatic hydroxyl groups excluding tert-OH is 1. The fourth-order valence-corrected chi connectivity index (χ4v) is 7.63. The van der Waals surface area contributed by atoms with Gasteiger partial charge in [-0.2, -0.15) is 0 Å². The molecule has 1 N–H and O–H groups in total. The molecule has 3 saturated heterocycles. The molecule has 2 bridgehead atoms. The molecule has 3 fully saturated rings. The van der Waals surface area contributed by atoms with Crippen molar-refractivity contribution in [2.45, 2.75) is 62.7 Å². The number of esters is 1. The molecule has 2 amide bonds. The number of carbonyl (C=O) groups is 3. The Morgan fingerprint density at radius 2 is 2.14 bits per heavy atom. The van der Waals surface area contributed by atoms with Crippen LogP contribution in [0.2, 0.25) is 5.02 Å². The molecule has 3 aliphatic rings. The molecular formula is C27H34BrClN2O6. The van der Waals surface area contributed by atoms with Gasteiger partial charge < -0.3 is 24.4 Å². The van der Waals surface area contributed by atoms with Crippen LogP contribution in [0.4, 0.5) is 5.69 Å². The van der Waals surface area contributed by atoms with E-state index in [4.69, 9.17) is 21.1 Å². The predicted molar refractivity (Wildman–Crippen MR) is 144 cm³/mol.